The van der Waals surface area contributed by atoms with Gasteiger partial charge in [-0.2, -0.15) is 0 Å². The number of nitrogens with zero attached hydrogens (tertiary/aromatic N) is 4. The normalized spacial score (nSPS) is 12.5. The molecule has 0 radical (unpaired) electrons. The summed E-state index contributed by atoms with van der Waals surface area (Å²) in [5.74, 6) is 0. The molecule has 1 aliphatic rings. The van der Waals surface area contributed by atoms with Gasteiger partial charge in [0.2, 0.25) is 0 Å². The van der Waals surface area contributed by atoms with Crippen molar-refractivity contribution in [3.63, 3.8) is 0 Å². The minimum atomic E-state index is 0.846. The van der Waals surface area contributed by atoms with Gasteiger partial charge in [-0.25, -0.2) is 0 Å². The minimum absolute atomic E-state index is 0.846. The molecule has 0 aliphatic heterocycles. The van der Waals surface area contributed by atoms with Crippen LogP contribution in [0.3, 0.4) is 0 Å². The highest BCUT2D eigenvalue weighted by Gasteiger charge is 2.25. The Morgan fingerprint density at radius 2 is 1.00 bits per heavy atom. The molecule has 12 aromatic rings. The molecule has 0 fully saturated rings. The van der Waals surface area contributed by atoms with Crippen molar-refractivity contribution in [3.8, 4) is 27.9 Å². The zero-order valence-electron chi connectivity index (χ0n) is 38.4. The summed E-state index contributed by atoms with van der Waals surface area (Å²) < 4.78 is 9.47. The summed E-state index contributed by atoms with van der Waals surface area (Å²) in [4.78, 5) is 9.19. The van der Waals surface area contributed by atoms with E-state index in [9.17, 15) is 0 Å². The first-order chi connectivity index (χ1) is 34.7. The second kappa shape index (κ2) is 17.5. The van der Waals surface area contributed by atoms with E-state index in [-0.39, 0.29) is 0 Å². The van der Waals surface area contributed by atoms with Crippen LogP contribution in [0.5, 0.6) is 0 Å². The average molecular weight is 899 g/mol. The van der Waals surface area contributed by atoms with E-state index in [1.165, 1.54) is 16.7 Å². The summed E-state index contributed by atoms with van der Waals surface area (Å²) in [6.07, 6.45) is 12.7. The van der Waals surface area contributed by atoms with Gasteiger partial charge in [-0.1, -0.05) is 146 Å². The third-order valence-corrected chi connectivity index (χ3v) is 13.6. The maximum Gasteiger partial charge on any atom is 0.160 e. The van der Waals surface area contributed by atoms with E-state index in [0.717, 1.165) is 113 Å². The molecule has 0 saturated carbocycles. The summed E-state index contributed by atoms with van der Waals surface area (Å²) in [5.41, 5.74) is 18.0. The summed E-state index contributed by atoms with van der Waals surface area (Å²) in [5, 5.41) is 4.41. The topological polar surface area (TPSA) is 37.4 Å². The predicted molar refractivity (Wildman–Crippen MR) is 292 cm³/mol. The van der Waals surface area contributed by atoms with Crippen LogP contribution in [-0.2, 0) is 0 Å². The molecule has 0 N–H and O–H groups in total. The fourth-order valence-corrected chi connectivity index (χ4v) is 10.4. The Hall–Kier alpha value is -9.19. The van der Waals surface area contributed by atoms with Crippen molar-refractivity contribution < 1.29 is 4.42 Å². The molecule has 5 heteroatoms. The molecular weight excluding hydrogens is 853 g/mol. The van der Waals surface area contributed by atoms with Gasteiger partial charge in [0.05, 0.1) is 11.0 Å². The lowest BCUT2D eigenvalue weighted by molar-refractivity contribution is 0.671. The van der Waals surface area contributed by atoms with E-state index < -0.39 is 0 Å². The number of benzene rings is 9. The SMILES string of the molecule is C1=CC(c2ccc(N(c3ccc(-c4ccccc4)cc3)c3cc(-c4cc5c6ccccc6n(-c6ccccc6)c5c5oc6ccccc6c45)cc(N(c4ccccc4)c4ccncc4)c3)cc2)=CCC1. The van der Waals surface area contributed by atoms with Gasteiger partial charge in [-0.15, -0.1) is 0 Å². The Balaban J connectivity index is 1.11. The zero-order chi connectivity index (χ0) is 46.4. The fraction of sp³-hybridized carbons (Fsp3) is 0.0308. The molecule has 0 bridgehead atoms. The van der Waals surface area contributed by atoms with Crippen LogP contribution in [0.15, 0.2) is 259 Å². The van der Waals surface area contributed by atoms with Crippen LogP contribution in [0.1, 0.15) is 18.4 Å². The van der Waals surface area contributed by atoms with Gasteiger partial charge in [-0.3, -0.25) is 4.98 Å². The summed E-state index contributed by atoms with van der Waals surface area (Å²) in [6, 6.07) is 80.7. The highest BCUT2D eigenvalue weighted by atomic mass is 16.3. The Morgan fingerprint density at radius 1 is 0.429 bits per heavy atom. The first-order valence-electron chi connectivity index (χ1n) is 24.0. The van der Waals surface area contributed by atoms with Gasteiger partial charge in [0.1, 0.15) is 5.58 Å². The van der Waals surface area contributed by atoms with Crippen molar-refractivity contribution in [2.75, 3.05) is 9.80 Å². The van der Waals surface area contributed by atoms with Crippen molar-refractivity contribution in [1.82, 2.24) is 9.55 Å². The molecule has 0 atom stereocenters. The van der Waals surface area contributed by atoms with Gasteiger partial charge in [0, 0.05) is 73.8 Å². The van der Waals surface area contributed by atoms with Crippen molar-refractivity contribution >= 4 is 83.4 Å². The third-order valence-electron chi connectivity index (χ3n) is 13.6. The Bertz CT molecular complexity index is 3870. The largest absolute Gasteiger partial charge is 0.454 e. The molecule has 332 valence electrons. The Kier molecular flexibility index (Phi) is 10.2. The van der Waals surface area contributed by atoms with Crippen molar-refractivity contribution in [2.45, 2.75) is 12.8 Å². The van der Waals surface area contributed by atoms with Crippen LogP contribution in [0.25, 0.3) is 77.3 Å². The molecule has 5 nitrogen and oxygen atoms in total. The molecule has 1 aliphatic carbocycles. The Morgan fingerprint density at radius 3 is 1.69 bits per heavy atom. The number of furan rings is 1. The number of allylic oxidation sites excluding steroid dienone is 4. The number of hydrogen-bond acceptors (Lipinski definition) is 4. The summed E-state index contributed by atoms with van der Waals surface area (Å²) in [7, 11) is 0. The lowest BCUT2D eigenvalue weighted by atomic mass is 9.95. The van der Waals surface area contributed by atoms with Gasteiger partial charge < -0.3 is 18.8 Å². The van der Waals surface area contributed by atoms with Gasteiger partial charge in [0.15, 0.2) is 5.58 Å². The van der Waals surface area contributed by atoms with Crippen molar-refractivity contribution in [1.29, 1.82) is 0 Å². The predicted octanol–water partition coefficient (Wildman–Crippen LogP) is 18.1. The van der Waals surface area contributed by atoms with E-state index >= 15 is 0 Å². The maximum absolute atomic E-state index is 7.10. The molecule has 3 aromatic heterocycles. The molecule has 0 amide bonds. The second-order valence-corrected chi connectivity index (χ2v) is 17.9. The van der Waals surface area contributed by atoms with Crippen molar-refractivity contribution in [2.24, 2.45) is 0 Å². The smallest absolute Gasteiger partial charge is 0.160 e. The lowest BCUT2D eigenvalue weighted by Gasteiger charge is -2.30. The van der Waals surface area contributed by atoms with Gasteiger partial charge >= 0.3 is 0 Å². The first kappa shape index (κ1) is 41.0. The maximum atomic E-state index is 7.10. The van der Waals surface area contributed by atoms with Crippen LogP contribution in [0.2, 0.25) is 0 Å². The molecule has 3 heterocycles. The van der Waals surface area contributed by atoms with Crippen LogP contribution in [-0.4, -0.2) is 9.55 Å². The van der Waals surface area contributed by atoms with Crippen LogP contribution in [0.4, 0.5) is 34.1 Å². The van der Waals surface area contributed by atoms with Crippen molar-refractivity contribution in [3.05, 3.63) is 261 Å². The van der Waals surface area contributed by atoms with E-state index in [2.05, 4.69) is 262 Å². The fourth-order valence-electron chi connectivity index (χ4n) is 10.4. The van der Waals surface area contributed by atoms with Crippen LogP contribution >= 0.6 is 0 Å². The Labute approximate surface area is 406 Å². The molecule has 9 aromatic carbocycles. The minimum Gasteiger partial charge on any atom is -0.454 e. The molecule has 0 unspecified atom stereocenters. The highest BCUT2D eigenvalue weighted by molar-refractivity contribution is 6.26. The average Bonchev–Trinajstić information content (AvgIpc) is 3.99. The molecule has 13 rings (SSSR count). The molecule has 0 spiro atoms. The quantitative estimate of drug-likeness (QED) is 0.137. The number of aromatic nitrogens is 2. The monoisotopic (exact) mass is 898 g/mol. The van der Waals surface area contributed by atoms with Gasteiger partial charge in [0.25, 0.3) is 0 Å². The number of para-hydroxylation sites is 4. The number of hydrogen-bond donors (Lipinski definition) is 0. The van der Waals surface area contributed by atoms with E-state index in [0.29, 0.717) is 0 Å². The number of pyridine rings is 1. The zero-order valence-corrected chi connectivity index (χ0v) is 38.4. The summed E-state index contributed by atoms with van der Waals surface area (Å²) in [6.45, 7) is 0. The van der Waals surface area contributed by atoms with E-state index in [4.69, 9.17) is 4.42 Å². The molecular formula is C65H46N4O. The lowest BCUT2D eigenvalue weighted by Crippen LogP contribution is -2.13. The molecule has 0 saturated heterocycles. The standard InChI is InChI=1S/C65H46N4O/c1-5-17-45(18-6-1)47-29-33-52(34-30-47)68(53-35-31-48(32-36-53)46-19-7-2-8-20-46)56-42-49(41-55(43-56)67(50-21-9-3-10-22-50)54-37-39-66-40-38-54)59-44-60-57-25-13-15-27-61(57)69(51-23-11-4-12-24-51)64(60)65-63(59)58-26-14-16-28-62(58)70-65/h1,3-7,9-44H,2,8H2. The summed E-state index contributed by atoms with van der Waals surface area (Å²) >= 11 is 0. The number of rotatable bonds is 10. The van der Waals surface area contributed by atoms with Crippen LogP contribution < -0.4 is 9.80 Å². The van der Waals surface area contributed by atoms with E-state index in [1.807, 2.05) is 12.4 Å². The molecule has 70 heavy (non-hydrogen) atoms. The highest BCUT2D eigenvalue weighted by Crippen LogP contribution is 2.49. The number of fused-ring (bicyclic) bond motifs is 7. The number of anilines is 6. The second-order valence-electron chi connectivity index (χ2n) is 17.9. The van der Waals surface area contributed by atoms with E-state index in [1.54, 1.807) is 0 Å². The first-order valence-corrected chi connectivity index (χ1v) is 24.0. The van der Waals surface area contributed by atoms with Gasteiger partial charge in [-0.05, 0) is 143 Å². The third kappa shape index (κ3) is 7.24. The van der Waals surface area contributed by atoms with Crippen LogP contribution in [0, 0.1) is 0 Å².